The fourth-order valence-electron chi connectivity index (χ4n) is 2.63. The molecule has 1 aromatic carbocycles. The first-order valence-corrected chi connectivity index (χ1v) is 6.44. The number of nitrogens with zero attached hydrogens (tertiary/aromatic N) is 2. The highest BCUT2D eigenvalue weighted by atomic mass is 16.4. The molecule has 0 saturated heterocycles. The molecule has 1 aromatic heterocycles. The molecule has 0 bridgehead atoms. The lowest BCUT2D eigenvalue weighted by atomic mass is 10.0. The van der Waals surface area contributed by atoms with Crippen LogP contribution in [0, 0.1) is 5.92 Å². The van der Waals surface area contributed by atoms with Crippen LogP contribution < -0.4 is 0 Å². The number of H-pyrrole nitrogens is 1. The number of aliphatic carboxylic acids is 1. The Bertz CT molecular complexity index is 579. The summed E-state index contributed by atoms with van der Waals surface area (Å²) < 4.78 is 0. The fraction of sp³-hybridized carbons (Fsp3) is 0.357. The van der Waals surface area contributed by atoms with E-state index in [0.29, 0.717) is 12.2 Å². The highest BCUT2D eigenvalue weighted by Crippen LogP contribution is 2.37. The average Bonchev–Trinajstić information content (AvgIpc) is 3.09. The Balaban J connectivity index is 1.78. The summed E-state index contributed by atoms with van der Waals surface area (Å²) in [4.78, 5) is 15.5. The maximum absolute atomic E-state index is 11.0. The molecule has 2 atom stereocenters. The first-order valence-electron chi connectivity index (χ1n) is 6.44. The van der Waals surface area contributed by atoms with Crippen LogP contribution in [-0.2, 0) is 4.79 Å². The number of rotatable bonds is 3. The van der Waals surface area contributed by atoms with Crippen molar-refractivity contribution in [1.82, 2.24) is 15.2 Å². The first-order chi connectivity index (χ1) is 9.24. The quantitative estimate of drug-likeness (QED) is 0.885. The standard InChI is InChI=1S/C14H15N3O2/c18-14(19)11-7-6-10(8-11)13-15-12(16-17-13)9-4-2-1-3-5-9/h1-5,10-11H,6-8H2,(H,18,19)(H,15,16,17). The molecule has 1 fully saturated rings. The molecule has 1 saturated carbocycles. The normalized spacial score (nSPS) is 22.5. The van der Waals surface area contributed by atoms with Gasteiger partial charge in [-0.3, -0.25) is 9.89 Å². The predicted molar refractivity (Wildman–Crippen MR) is 69.5 cm³/mol. The molecule has 1 aliphatic rings. The number of carboxylic acids is 1. The van der Waals surface area contributed by atoms with Gasteiger partial charge in [-0.2, -0.15) is 5.10 Å². The molecule has 3 rings (SSSR count). The Morgan fingerprint density at radius 1 is 1.26 bits per heavy atom. The molecule has 0 amide bonds. The summed E-state index contributed by atoms with van der Waals surface area (Å²) >= 11 is 0. The van der Waals surface area contributed by atoms with Gasteiger partial charge in [-0.15, -0.1) is 0 Å². The summed E-state index contributed by atoms with van der Waals surface area (Å²) in [7, 11) is 0. The fourth-order valence-corrected chi connectivity index (χ4v) is 2.63. The zero-order chi connectivity index (χ0) is 13.2. The number of aromatic nitrogens is 3. The maximum Gasteiger partial charge on any atom is 0.306 e. The number of carboxylic acid groups (broad SMARTS) is 1. The minimum Gasteiger partial charge on any atom is -0.481 e. The molecule has 0 radical (unpaired) electrons. The van der Waals surface area contributed by atoms with E-state index in [0.717, 1.165) is 24.2 Å². The molecule has 5 heteroatoms. The zero-order valence-electron chi connectivity index (χ0n) is 10.4. The lowest BCUT2D eigenvalue weighted by molar-refractivity contribution is -0.141. The van der Waals surface area contributed by atoms with Gasteiger partial charge in [0.1, 0.15) is 5.82 Å². The van der Waals surface area contributed by atoms with Crippen molar-refractivity contribution in [3.63, 3.8) is 0 Å². The van der Waals surface area contributed by atoms with E-state index >= 15 is 0 Å². The van der Waals surface area contributed by atoms with Crippen molar-refractivity contribution in [3.05, 3.63) is 36.2 Å². The zero-order valence-corrected chi connectivity index (χ0v) is 10.4. The Kier molecular flexibility index (Phi) is 3.03. The highest BCUT2D eigenvalue weighted by molar-refractivity contribution is 5.70. The topological polar surface area (TPSA) is 78.9 Å². The van der Waals surface area contributed by atoms with E-state index in [2.05, 4.69) is 15.2 Å². The van der Waals surface area contributed by atoms with E-state index in [1.807, 2.05) is 30.3 Å². The minimum atomic E-state index is -0.703. The van der Waals surface area contributed by atoms with Gasteiger partial charge in [-0.05, 0) is 19.3 Å². The number of carbonyl (C=O) groups is 1. The van der Waals surface area contributed by atoms with Crippen molar-refractivity contribution in [1.29, 1.82) is 0 Å². The Morgan fingerprint density at radius 3 is 2.74 bits per heavy atom. The second kappa shape index (κ2) is 4.84. The lowest BCUT2D eigenvalue weighted by Crippen LogP contribution is -2.09. The van der Waals surface area contributed by atoms with E-state index in [4.69, 9.17) is 5.11 Å². The third-order valence-electron chi connectivity index (χ3n) is 3.70. The van der Waals surface area contributed by atoms with Gasteiger partial charge >= 0.3 is 5.97 Å². The van der Waals surface area contributed by atoms with Crippen LogP contribution in [0.4, 0.5) is 0 Å². The van der Waals surface area contributed by atoms with Crippen LogP contribution in [0.5, 0.6) is 0 Å². The van der Waals surface area contributed by atoms with Gasteiger partial charge < -0.3 is 5.11 Å². The van der Waals surface area contributed by atoms with Crippen LogP contribution >= 0.6 is 0 Å². The second-order valence-electron chi connectivity index (χ2n) is 4.96. The van der Waals surface area contributed by atoms with Crippen LogP contribution in [0.2, 0.25) is 0 Å². The molecule has 19 heavy (non-hydrogen) atoms. The first kappa shape index (κ1) is 11.9. The third-order valence-corrected chi connectivity index (χ3v) is 3.70. The van der Waals surface area contributed by atoms with Crippen LogP contribution in [0.1, 0.15) is 31.0 Å². The van der Waals surface area contributed by atoms with Gasteiger partial charge in [0.25, 0.3) is 0 Å². The molecule has 1 aliphatic carbocycles. The van der Waals surface area contributed by atoms with Crippen molar-refractivity contribution in [2.45, 2.75) is 25.2 Å². The van der Waals surface area contributed by atoms with E-state index < -0.39 is 5.97 Å². The largest absolute Gasteiger partial charge is 0.481 e. The lowest BCUT2D eigenvalue weighted by Gasteiger charge is -2.04. The molecule has 5 nitrogen and oxygen atoms in total. The van der Waals surface area contributed by atoms with Gasteiger partial charge in [0.15, 0.2) is 5.82 Å². The van der Waals surface area contributed by atoms with Gasteiger partial charge in [0.05, 0.1) is 5.92 Å². The third kappa shape index (κ3) is 2.36. The van der Waals surface area contributed by atoms with Crippen molar-refractivity contribution in [3.8, 4) is 11.4 Å². The van der Waals surface area contributed by atoms with Crippen molar-refractivity contribution in [2.24, 2.45) is 5.92 Å². The van der Waals surface area contributed by atoms with Crippen molar-refractivity contribution in [2.75, 3.05) is 0 Å². The maximum atomic E-state index is 11.0. The number of benzene rings is 1. The van der Waals surface area contributed by atoms with E-state index in [1.54, 1.807) is 0 Å². The van der Waals surface area contributed by atoms with Gasteiger partial charge in [0, 0.05) is 11.5 Å². The van der Waals surface area contributed by atoms with Gasteiger partial charge in [0.2, 0.25) is 0 Å². The molecule has 2 unspecified atom stereocenters. The molecule has 1 heterocycles. The van der Waals surface area contributed by atoms with Crippen LogP contribution in [0.25, 0.3) is 11.4 Å². The van der Waals surface area contributed by atoms with Crippen LogP contribution in [0.3, 0.4) is 0 Å². The van der Waals surface area contributed by atoms with Crippen molar-refractivity contribution >= 4 is 5.97 Å². The molecule has 2 N–H and O–H groups in total. The van der Waals surface area contributed by atoms with Gasteiger partial charge in [-0.1, -0.05) is 30.3 Å². The SMILES string of the molecule is O=C(O)C1CCC(c2nc(-c3ccccc3)n[nH]2)C1. The van der Waals surface area contributed by atoms with Crippen molar-refractivity contribution < 1.29 is 9.90 Å². The molecule has 98 valence electrons. The molecular weight excluding hydrogens is 242 g/mol. The summed E-state index contributed by atoms with van der Waals surface area (Å²) in [5.41, 5.74) is 0.970. The summed E-state index contributed by atoms with van der Waals surface area (Å²) in [6.07, 6.45) is 2.24. The summed E-state index contributed by atoms with van der Waals surface area (Å²) in [6, 6.07) is 9.76. The Morgan fingerprint density at radius 2 is 2.05 bits per heavy atom. The monoisotopic (exact) mass is 257 g/mol. The average molecular weight is 257 g/mol. The molecule has 2 aromatic rings. The number of hydrogen-bond acceptors (Lipinski definition) is 3. The number of hydrogen-bond donors (Lipinski definition) is 2. The highest BCUT2D eigenvalue weighted by Gasteiger charge is 2.32. The summed E-state index contributed by atoms with van der Waals surface area (Å²) in [5.74, 6) is 0.726. The predicted octanol–water partition coefficient (Wildman–Crippen LogP) is 2.44. The minimum absolute atomic E-state index is 0.186. The van der Waals surface area contributed by atoms with Crippen LogP contribution in [0.15, 0.2) is 30.3 Å². The molecular formula is C14H15N3O2. The molecule has 0 aliphatic heterocycles. The smallest absolute Gasteiger partial charge is 0.306 e. The summed E-state index contributed by atoms with van der Waals surface area (Å²) in [5, 5.41) is 16.2. The Hall–Kier alpha value is -2.17. The van der Waals surface area contributed by atoms with E-state index in [1.165, 1.54) is 0 Å². The van der Waals surface area contributed by atoms with Crippen LogP contribution in [-0.4, -0.2) is 26.3 Å². The van der Waals surface area contributed by atoms with Gasteiger partial charge in [-0.25, -0.2) is 4.98 Å². The Labute approximate surface area is 110 Å². The van der Waals surface area contributed by atoms with E-state index in [9.17, 15) is 4.79 Å². The van der Waals surface area contributed by atoms with E-state index in [-0.39, 0.29) is 11.8 Å². The second-order valence-corrected chi connectivity index (χ2v) is 4.96. The molecule has 0 spiro atoms. The number of aromatic amines is 1. The number of nitrogens with one attached hydrogen (secondary N) is 1. The summed E-state index contributed by atoms with van der Waals surface area (Å²) in [6.45, 7) is 0.